The van der Waals surface area contributed by atoms with E-state index in [0.29, 0.717) is 17.7 Å². The van der Waals surface area contributed by atoms with Crippen molar-refractivity contribution in [2.75, 3.05) is 5.32 Å². The molecule has 0 saturated carbocycles. The molecule has 0 saturated heterocycles. The van der Waals surface area contributed by atoms with Crippen molar-refractivity contribution in [3.05, 3.63) is 40.9 Å². The van der Waals surface area contributed by atoms with Gasteiger partial charge in [0.15, 0.2) is 6.10 Å². The minimum atomic E-state index is -0.937. The van der Waals surface area contributed by atoms with Crippen molar-refractivity contribution in [1.82, 2.24) is 0 Å². The Bertz CT molecular complexity index is 605. The molecule has 5 nitrogen and oxygen atoms in total. The summed E-state index contributed by atoms with van der Waals surface area (Å²) in [7, 11) is 0. The van der Waals surface area contributed by atoms with Crippen LogP contribution >= 0.6 is 11.6 Å². The molecule has 110 valence electrons. The van der Waals surface area contributed by atoms with Crippen LogP contribution in [0.5, 0.6) is 0 Å². The average Bonchev–Trinajstić information content (AvgIpc) is 2.45. The summed E-state index contributed by atoms with van der Waals surface area (Å²) in [6, 6.07) is 6.43. The predicted molar refractivity (Wildman–Crippen MR) is 79.8 cm³/mol. The quantitative estimate of drug-likeness (QED) is 0.670. The van der Waals surface area contributed by atoms with E-state index in [1.165, 1.54) is 25.1 Å². The normalized spacial score (nSPS) is 11.7. The van der Waals surface area contributed by atoms with Crippen LogP contribution in [0, 0.1) is 11.3 Å². The number of hydrogen-bond donors (Lipinski definition) is 1. The van der Waals surface area contributed by atoms with E-state index in [1.807, 2.05) is 13.0 Å². The second-order valence-electron chi connectivity index (χ2n) is 4.19. The highest BCUT2D eigenvalue weighted by molar-refractivity contribution is 6.32. The number of allylic oxidation sites excluding steroid dienone is 1. The SMILES string of the molecule is CC/C=C/C(=O)O[C@H](C)C(=O)Nc1ccc(C#N)c(Cl)c1. The van der Waals surface area contributed by atoms with Crippen LogP contribution in [0.15, 0.2) is 30.4 Å². The van der Waals surface area contributed by atoms with Crippen LogP contribution < -0.4 is 5.32 Å². The highest BCUT2D eigenvalue weighted by atomic mass is 35.5. The van der Waals surface area contributed by atoms with E-state index in [1.54, 1.807) is 12.1 Å². The Morgan fingerprint density at radius 1 is 1.52 bits per heavy atom. The molecule has 0 radical (unpaired) electrons. The summed E-state index contributed by atoms with van der Waals surface area (Å²) in [5, 5.41) is 11.6. The van der Waals surface area contributed by atoms with Crippen LogP contribution in [-0.2, 0) is 14.3 Å². The van der Waals surface area contributed by atoms with Gasteiger partial charge in [0.25, 0.3) is 5.91 Å². The van der Waals surface area contributed by atoms with E-state index in [-0.39, 0.29) is 5.02 Å². The second kappa shape index (κ2) is 8.08. The Balaban J connectivity index is 2.64. The molecule has 1 aromatic carbocycles. The lowest BCUT2D eigenvalue weighted by molar-refractivity contribution is -0.148. The number of anilines is 1. The number of carbonyl (C=O) groups is 2. The molecule has 0 aliphatic heterocycles. The third kappa shape index (κ3) is 5.28. The Labute approximate surface area is 128 Å². The van der Waals surface area contributed by atoms with Crippen molar-refractivity contribution >= 4 is 29.2 Å². The van der Waals surface area contributed by atoms with Gasteiger partial charge in [-0.05, 0) is 31.5 Å². The molecule has 0 spiro atoms. The minimum Gasteiger partial charge on any atom is -0.449 e. The fraction of sp³-hybridized carbons (Fsp3) is 0.267. The molecular weight excluding hydrogens is 292 g/mol. The number of hydrogen-bond acceptors (Lipinski definition) is 4. The van der Waals surface area contributed by atoms with Crippen LogP contribution in [-0.4, -0.2) is 18.0 Å². The minimum absolute atomic E-state index is 0.242. The van der Waals surface area contributed by atoms with E-state index in [0.717, 1.165) is 0 Å². The molecule has 0 fully saturated rings. The molecule has 1 rings (SSSR count). The Morgan fingerprint density at radius 2 is 2.24 bits per heavy atom. The number of nitrogens with zero attached hydrogens (tertiary/aromatic N) is 1. The smallest absolute Gasteiger partial charge is 0.331 e. The van der Waals surface area contributed by atoms with Gasteiger partial charge in [0.2, 0.25) is 0 Å². The summed E-state index contributed by atoms with van der Waals surface area (Å²) in [6.45, 7) is 3.35. The van der Waals surface area contributed by atoms with Gasteiger partial charge < -0.3 is 10.1 Å². The lowest BCUT2D eigenvalue weighted by Gasteiger charge is -2.12. The molecule has 21 heavy (non-hydrogen) atoms. The molecule has 1 N–H and O–H groups in total. The van der Waals surface area contributed by atoms with Gasteiger partial charge in [-0.1, -0.05) is 24.6 Å². The number of carbonyl (C=O) groups excluding carboxylic acids is 2. The maximum atomic E-state index is 11.9. The van der Waals surface area contributed by atoms with E-state index >= 15 is 0 Å². The third-order valence-electron chi connectivity index (χ3n) is 2.51. The monoisotopic (exact) mass is 306 g/mol. The molecular formula is C15H15ClN2O3. The third-order valence-corrected chi connectivity index (χ3v) is 2.82. The van der Waals surface area contributed by atoms with Gasteiger partial charge >= 0.3 is 5.97 Å². The molecule has 6 heteroatoms. The zero-order valence-corrected chi connectivity index (χ0v) is 12.5. The molecule has 0 aromatic heterocycles. The van der Waals surface area contributed by atoms with Crippen LogP contribution in [0.25, 0.3) is 0 Å². The number of esters is 1. The Kier molecular flexibility index (Phi) is 6.44. The molecule has 0 aliphatic rings. The largest absolute Gasteiger partial charge is 0.449 e. The van der Waals surface area contributed by atoms with Crippen LogP contribution in [0.4, 0.5) is 5.69 Å². The summed E-state index contributed by atoms with van der Waals surface area (Å²) in [5.74, 6) is -1.05. The molecule has 1 amide bonds. The van der Waals surface area contributed by atoms with Crippen LogP contribution in [0.3, 0.4) is 0 Å². The van der Waals surface area contributed by atoms with Gasteiger partial charge in [-0.15, -0.1) is 0 Å². The zero-order chi connectivity index (χ0) is 15.8. The van der Waals surface area contributed by atoms with Gasteiger partial charge in [-0.2, -0.15) is 5.26 Å². The highest BCUT2D eigenvalue weighted by Gasteiger charge is 2.17. The summed E-state index contributed by atoms with van der Waals surface area (Å²) >= 11 is 5.87. The molecule has 0 bridgehead atoms. The van der Waals surface area contributed by atoms with Crippen molar-refractivity contribution in [2.45, 2.75) is 26.4 Å². The number of nitriles is 1. The van der Waals surface area contributed by atoms with Gasteiger partial charge in [-0.3, -0.25) is 4.79 Å². The van der Waals surface area contributed by atoms with Crippen molar-refractivity contribution < 1.29 is 14.3 Å². The number of halogens is 1. The van der Waals surface area contributed by atoms with Crippen molar-refractivity contribution in [1.29, 1.82) is 5.26 Å². The first kappa shape index (κ1) is 16.7. The van der Waals surface area contributed by atoms with Crippen LogP contribution in [0.2, 0.25) is 5.02 Å². The zero-order valence-electron chi connectivity index (χ0n) is 11.7. The summed E-state index contributed by atoms with van der Waals surface area (Å²) in [4.78, 5) is 23.2. The van der Waals surface area contributed by atoms with Crippen LogP contribution in [0.1, 0.15) is 25.8 Å². The summed E-state index contributed by atoms with van der Waals surface area (Å²) in [5.41, 5.74) is 0.745. The number of rotatable bonds is 5. The van der Waals surface area contributed by atoms with Crippen molar-refractivity contribution in [3.8, 4) is 6.07 Å². The average molecular weight is 307 g/mol. The standard InChI is InChI=1S/C15H15ClN2O3/c1-3-4-5-14(19)21-10(2)15(20)18-12-7-6-11(9-17)13(16)8-12/h4-8,10H,3H2,1-2H3,(H,18,20)/b5-4+/t10-/m1/s1. The molecule has 0 heterocycles. The highest BCUT2D eigenvalue weighted by Crippen LogP contribution is 2.20. The second-order valence-corrected chi connectivity index (χ2v) is 4.59. The van der Waals surface area contributed by atoms with Gasteiger partial charge in [0, 0.05) is 11.8 Å². The molecule has 0 unspecified atom stereocenters. The first-order chi connectivity index (χ1) is 9.97. The number of amides is 1. The number of benzene rings is 1. The van der Waals surface area contributed by atoms with Crippen molar-refractivity contribution in [2.24, 2.45) is 0 Å². The first-order valence-electron chi connectivity index (χ1n) is 6.35. The Morgan fingerprint density at radius 3 is 2.81 bits per heavy atom. The fourth-order valence-corrected chi connectivity index (χ4v) is 1.63. The van der Waals surface area contributed by atoms with Gasteiger partial charge in [-0.25, -0.2) is 4.79 Å². The first-order valence-corrected chi connectivity index (χ1v) is 6.73. The summed E-state index contributed by atoms with van der Waals surface area (Å²) in [6.07, 6.45) is 2.70. The van der Waals surface area contributed by atoms with Gasteiger partial charge in [0.05, 0.1) is 10.6 Å². The lowest BCUT2D eigenvalue weighted by atomic mass is 10.2. The lowest BCUT2D eigenvalue weighted by Crippen LogP contribution is -2.29. The molecule has 0 aliphatic carbocycles. The van der Waals surface area contributed by atoms with E-state index < -0.39 is 18.0 Å². The summed E-state index contributed by atoms with van der Waals surface area (Å²) < 4.78 is 4.94. The maximum absolute atomic E-state index is 11.9. The Hall–Kier alpha value is -2.32. The van der Waals surface area contributed by atoms with E-state index in [9.17, 15) is 9.59 Å². The topological polar surface area (TPSA) is 79.2 Å². The van der Waals surface area contributed by atoms with Crippen molar-refractivity contribution in [3.63, 3.8) is 0 Å². The fourth-order valence-electron chi connectivity index (χ4n) is 1.41. The van der Waals surface area contributed by atoms with Gasteiger partial charge in [0.1, 0.15) is 6.07 Å². The predicted octanol–water partition coefficient (Wildman–Crippen LogP) is 3.05. The van der Waals surface area contributed by atoms with E-state index in [4.69, 9.17) is 21.6 Å². The number of nitrogens with one attached hydrogen (secondary N) is 1. The molecule has 1 aromatic rings. The molecule has 1 atom stereocenters. The maximum Gasteiger partial charge on any atom is 0.331 e. The number of ether oxygens (including phenoxy) is 1. The van der Waals surface area contributed by atoms with E-state index in [2.05, 4.69) is 5.32 Å².